The zero-order chi connectivity index (χ0) is 18.1. The van der Waals surface area contributed by atoms with Gasteiger partial charge in [0, 0.05) is 45.9 Å². The SMILES string of the molecule is CN=C(NCCOC)NCc1ccc(C(=O)N2CCNC(=O)C2)cc1. The molecule has 1 fully saturated rings. The first-order valence-corrected chi connectivity index (χ1v) is 8.22. The molecule has 3 N–H and O–H groups in total. The van der Waals surface area contributed by atoms with Gasteiger partial charge in [-0.25, -0.2) is 0 Å². The molecule has 1 saturated heterocycles. The average molecular weight is 347 g/mol. The summed E-state index contributed by atoms with van der Waals surface area (Å²) in [6.07, 6.45) is 0. The summed E-state index contributed by atoms with van der Waals surface area (Å²) >= 11 is 0. The number of amides is 2. The first-order chi connectivity index (χ1) is 12.1. The lowest BCUT2D eigenvalue weighted by molar-refractivity contribution is -0.123. The van der Waals surface area contributed by atoms with Crippen molar-refractivity contribution in [2.24, 2.45) is 4.99 Å². The highest BCUT2D eigenvalue weighted by molar-refractivity contribution is 5.97. The van der Waals surface area contributed by atoms with Crippen molar-refractivity contribution in [3.63, 3.8) is 0 Å². The van der Waals surface area contributed by atoms with E-state index in [4.69, 9.17) is 4.74 Å². The van der Waals surface area contributed by atoms with Crippen molar-refractivity contribution in [3.8, 4) is 0 Å². The van der Waals surface area contributed by atoms with Crippen LogP contribution >= 0.6 is 0 Å². The molecule has 0 atom stereocenters. The van der Waals surface area contributed by atoms with E-state index in [0.717, 1.165) is 5.56 Å². The molecule has 2 rings (SSSR count). The zero-order valence-electron chi connectivity index (χ0n) is 14.7. The minimum absolute atomic E-state index is 0.117. The van der Waals surface area contributed by atoms with E-state index in [1.54, 1.807) is 31.2 Å². The maximum atomic E-state index is 12.4. The molecule has 0 spiro atoms. The van der Waals surface area contributed by atoms with Gasteiger partial charge in [-0.1, -0.05) is 12.1 Å². The predicted octanol–water partition coefficient (Wildman–Crippen LogP) is -0.430. The Balaban J connectivity index is 1.86. The molecule has 8 heteroatoms. The number of hydrogen-bond donors (Lipinski definition) is 3. The van der Waals surface area contributed by atoms with E-state index >= 15 is 0 Å². The molecule has 1 aromatic rings. The summed E-state index contributed by atoms with van der Waals surface area (Å²) in [5.74, 6) is 0.454. The van der Waals surface area contributed by atoms with Gasteiger partial charge in [-0.3, -0.25) is 14.6 Å². The van der Waals surface area contributed by atoms with Crippen molar-refractivity contribution >= 4 is 17.8 Å². The number of methoxy groups -OCH3 is 1. The monoisotopic (exact) mass is 347 g/mol. The molecule has 1 aliphatic rings. The molecular weight excluding hydrogens is 322 g/mol. The summed E-state index contributed by atoms with van der Waals surface area (Å²) in [6, 6.07) is 7.36. The Bertz CT molecular complexity index is 615. The number of nitrogens with zero attached hydrogens (tertiary/aromatic N) is 2. The first kappa shape index (κ1) is 18.7. The van der Waals surface area contributed by atoms with Crippen LogP contribution in [0.5, 0.6) is 0 Å². The Morgan fingerprint density at radius 1 is 1.32 bits per heavy atom. The number of carbonyl (C=O) groups is 2. The second-order valence-corrected chi connectivity index (χ2v) is 5.62. The Morgan fingerprint density at radius 2 is 2.08 bits per heavy atom. The molecule has 25 heavy (non-hydrogen) atoms. The number of aliphatic imine (C=N–C) groups is 1. The highest BCUT2D eigenvalue weighted by Gasteiger charge is 2.21. The maximum Gasteiger partial charge on any atom is 0.254 e. The van der Waals surface area contributed by atoms with Crippen molar-refractivity contribution in [2.45, 2.75) is 6.54 Å². The fourth-order valence-electron chi connectivity index (χ4n) is 2.44. The van der Waals surface area contributed by atoms with E-state index in [-0.39, 0.29) is 18.4 Å². The fraction of sp³-hybridized carbons (Fsp3) is 0.471. The van der Waals surface area contributed by atoms with Crippen molar-refractivity contribution in [1.82, 2.24) is 20.9 Å². The number of benzene rings is 1. The Labute approximate surface area is 147 Å². The second-order valence-electron chi connectivity index (χ2n) is 5.62. The molecule has 8 nitrogen and oxygen atoms in total. The first-order valence-electron chi connectivity index (χ1n) is 8.22. The zero-order valence-corrected chi connectivity index (χ0v) is 14.7. The molecule has 0 saturated carbocycles. The van der Waals surface area contributed by atoms with Crippen molar-refractivity contribution in [2.75, 3.05) is 46.9 Å². The summed E-state index contributed by atoms with van der Waals surface area (Å²) in [5, 5.41) is 9.04. The molecule has 0 unspecified atom stereocenters. The second kappa shape index (κ2) is 9.63. The van der Waals surface area contributed by atoms with Crippen LogP contribution in [0.25, 0.3) is 0 Å². The number of rotatable bonds is 6. The van der Waals surface area contributed by atoms with Crippen LogP contribution < -0.4 is 16.0 Å². The molecule has 1 aromatic carbocycles. The van der Waals surface area contributed by atoms with Gasteiger partial charge >= 0.3 is 0 Å². The van der Waals surface area contributed by atoms with Crippen LogP contribution in [0.4, 0.5) is 0 Å². The van der Waals surface area contributed by atoms with Gasteiger partial charge in [-0.2, -0.15) is 0 Å². The summed E-state index contributed by atoms with van der Waals surface area (Å²) in [5.41, 5.74) is 1.61. The van der Waals surface area contributed by atoms with Crippen LogP contribution in [0, 0.1) is 0 Å². The fourth-order valence-corrected chi connectivity index (χ4v) is 2.44. The number of hydrogen-bond acceptors (Lipinski definition) is 4. The third-order valence-corrected chi connectivity index (χ3v) is 3.81. The number of carbonyl (C=O) groups excluding carboxylic acids is 2. The lowest BCUT2D eigenvalue weighted by Gasteiger charge is -2.26. The van der Waals surface area contributed by atoms with E-state index in [2.05, 4.69) is 20.9 Å². The largest absolute Gasteiger partial charge is 0.383 e. The molecule has 0 aromatic heterocycles. The summed E-state index contributed by atoms with van der Waals surface area (Å²) in [7, 11) is 3.36. The Hall–Kier alpha value is -2.61. The van der Waals surface area contributed by atoms with Gasteiger partial charge in [-0.05, 0) is 17.7 Å². The molecule has 0 radical (unpaired) electrons. The number of ether oxygens (including phenoxy) is 1. The van der Waals surface area contributed by atoms with Crippen LogP contribution in [0.15, 0.2) is 29.3 Å². The van der Waals surface area contributed by atoms with Gasteiger partial charge in [0.25, 0.3) is 5.91 Å². The lowest BCUT2D eigenvalue weighted by atomic mass is 10.1. The molecule has 1 aliphatic heterocycles. The smallest absolute Gasteiger partial charge is 0.254 e. The minimum Gasteiger partial charge on any atom is -0.383 e. The topological polar surface area (TPSA) is 95.1 Å². The third kappa shape index (κ3) is 5.75. The van der Waals surface area contributed by atoms with Gasteiger partial charge in [0.1, 0.15) is 0 Å². The lowest BCUT2D eigenvalue weighted by Crippen LogP contribution is -2.49. The van der Waals surface area contributed by atoms with Gasteiger partial charge in [0.2, 0.25) is 5.91 Å². The van der Waals surface area contributed by atoms with Crippen LogP contribution in [0.2, 0.25) is 0 Å². The normalized spacial score (nSPS) is 14.9. The number of nitrogens with one attached hydrogen (secondary N) is 3. The van der Waals surface area contributed by atoms with E-state index < -0.39 is 0 Å². The number of piperazine rings is 1. The van der Waals surface area contributed by atoms with Crippen LogP contribution in [0.1, 0.15) is 15.9 Å². The van der Waals surface area contributed by atoms with Crippen molar-refractivity contribution < 1.29 is 14.3 Å². The third-order valence-electron chi connectivity index (χ3n) is 3.81. The molecule has 136 valence electrons. The van der Waals surface area contributed by atoms with Crippen LogP contribution in [-0.4, -0.2) is 69.6 Å². The molecule has 1 heterocycles. The number of guanidine groups is 1. The van der Waals surface area contributed by atoms with Gasteiger partial charge in [0.05, 0.1) is 13.2 Å². The molecule has 2 amide bonds. The minimum atomic E-state index is -0.119. The summed E-state index contributed by atoms with van der Waals surface area (Å²) in [4.78, 5) is 29.5. The molecule has 0 bridgehead atoms. The standard InChI is InChI=1S/C17H25N5O3/c1-18-17(20-8-10-25-2)21-11-13-3-5-14(6-4-13)16(24)22-9-7-19-15(23)12-22/h3-6H,7-12H2,1-2H3,(H,19,23)(H2,18,20,21). The maximum absolute atomic E-state index is 12.4. The highest BCUT2D eigenvalue weighted by atomic mass is 16.5. The Morgan fingerprint density at radius 3 is 2.72 bits per heavy atom. The van der Waals surface area contributed by atoms with Crippen LogP contribution in [-0.2, 0) is 16.1 Å². The predicted molar refractivity (Wildman–Crippen MR) is 95.4 cm³/mol. The highest BCUT2D eigenvalue weighted by Crippen LogP contribution is 2.09. The van der Waals surface area contributed by atoms with Crippen molar-refractivity contribution in [1.29, 1.82) is 0 Å². The summed E-state index contributed by atoms with van der Waals surface area (Å²) < 4.78 is 4.99. The van der Waals surface area contributed by atoms with Gasteiger partial charge in [0.15, 0.2) is 5.96 Å². The van der Waals surface area contributed by atoms with E-state index in [1.807, 2.05) is 12.1 Å². The molecular formula is C17H25N5O3. The average Bonchev–Trinajstić information content (AvgIpc) is 2.64. The van der Waals surface area contributed by atoms with Crippen molar-refractivity contribution in [3.05, 3.63) is 35.4 Å². The summed E-state index contributed by atoms with van der Waals surface area (Å²) in [6.45, 7) is 3.02. The Kier molecular flexibility index (Phi) is 7.21. The molecule has 0 aliphatic carbocycles. The van der Waals surface area contributed by atoms with Gasteiger partial charge < -0.3 is 25.6 Å². The van der Waals surface area contributed by atoms with E-state index in [1.165, 1.54) is 0 Å². The van der Waals surface area contributed by atoms with Gasteiger partial charge in [-0.15, -0.1) is 0 Å². The van der Waals surface area contributed by atoms with E-state index in [0.29, 0.717) is 44.3 Å². The van der Waals surface area contributed by atoms with Crippen LogP contribution in [0.3, 0.4) is 0 Å². The van der Waals surface area contributed by atoms with E-state index in [9.17, 15) is 9.59 Å². The quantitative estimate of drug-likeness (QED) is 0.369.